The molecule has 0 spiro atoms. The standard InChI is InChI=1S/C30H36FN5O5/c1-40-22-11-12-26(23(31)17-22)41-16-13-21-18-32-14-15-35(21)29(37)27-28(20-7-3-2-4-8-20)36(19-33-27)25-10-6-5-9-24(25)34-30(38)39/h2-4,7-8,11-12,17,19,21,24-25,32,34H,5-6,9-10,13-16,18H2,1H3,(H,38,39)/t21-,24+,25+/m1/s1. The van der Waals surface area contributed by atoms with Gasteiger partial charge in [-0.3, -0.25) is 4.79 Å². The first-order valence-corrected chi connectivity index (χ1v) is 14.1. The van der Waals surface area contributed by atoms with Gasteiger partial charge in [0, 0.05) is 43.7 Å². The van der Waals surface area contributed by atoms with Crippen LogP contribution in [0.5, 0.6) is 11.5 Å². The zero-order valence-electron chi connectivity index (χ0n) is 23.1. The molecule has 1 aromatic heterocycles. The van der Waals surface area contributed by atoms with Crippen LogP contribution in [0.4, 0.5) is 9.18 Å². The van der Waals surface area contributed by atoms with Gasteiger partial charge in [0.2, 0.25) is 0 Å². The minimum absolute atomic E-state index is 0.134. The van der Waals surface area contributed by atoms with Gasteiger partial charge in [0.15, 0.2) is 17.3 Å². The van der Waals surface area contributed by atoms with Crippen molar-refractivity contribution in [3.8, 4) is 22.8 Å². The molecule has 2 aliphatic rings. The summed E-state index contributed by atoms with van der Waals surface area (Å²) in [5.41, 5.74) is 1.87. The van der Waals surface area contributed by atoms with Gasteiger partial charge < -0.3 is 34.7 Å². The summed E-state index contributed by atoms with van der Waals surface area (Å²) in [6, 6.07) is 13.5. The van der Waals surface area contributed by atoms with E-state index in [0.717, 1.165) is 31.2 Å². The summed E-state index contributed by atoms with van der Waals surface area (Å²) in [6.45, 7) is 1.94. The second-order valence-electron chi connectivity index (χ2n) is 10.4. The summed E-state index contributed by atoms with van der Waals surface area (Å²) < 4.78 is 27.1. The number of carboxylic acid groups (broad SMARTS) is 1. The first-order valence-electron chi connectivity index (χ1n) is 14.1. The fourth-order valence-corrected chi connectivity index (χ4v) is 5.87. The Hall–Kier alpha value is -4.12. The molecular formula is C30H36FN5O5. The maximum atomic E-state index is 14.4. The topological polar surface area (TPSA) is 118 Å². The summed E-state index contributed by atoms with van der Waals surface area (Å²) in [7, 11) is 1.48. The number of methoxy groups -OCH3 is 1. The van der Waals surface area contributed by atoms with Gasteiger partial charge in [-0.1, -0.05) is 43.2 Å². The number of carbonyl (C=O) groups is 2. The normalized spacial score (nSPS) is 20.8. The highest BCUT2D eigenvalue weighted by Gasteiger charge is 2.35. The fraction of sp³-hybridized carbons (Fsp3) is 0.433. The number of benzene rings is 2. The Balaban J connectivity index is 1.39. The summed E-state index contributed by atoms with van der Waals surface area (Å²) in [5.74, 6) is -0.150. The van der Waals surface area contributed by atoms with Crippen molar-refractivity contribution in [2.75, 3.05) is 33.4 Å². The zero-order chi connectivity index (χ0) is 28.8. The lowest BCUT2D eigenvalue weighted by molar-refractivity contribution is 0.0600. The van der Waals surface area contributed by atoms with E-state index in [1.165, 1.54) is 19.2 Å². The molecule has 0 unspecified atom stereocenters. The number of amides is 2. The number of carbonyl (C=O) groups excluding carboxylic acids is 1. The van der Waals surface area contributed by atoms with Gasteiger partial charge in [-0.05, 0) is 25.0 Å². The SMILES string of the molecule is COc1ccc(OCC[C@@H]2CNCCN2C(=O)c2ncn([C@H]3CCCC[C@@H]3NC(=O)O)c2-c2ccccc2)c(F)c1. The van der Waals surface area contributed by atoms with Crippen LogP contribution in [0.1, 0.15) is 48.6 Å². The molecule has 0 bridgehead atoms. The highest BCUT2D eigenvalue weighted by molar-refractivity contribution is 5.98. The molecule has 2 amide bonds. The van der Waals surface area contributed by atoms with Crippen molar-refractivity contribution >= 4 is 12.0 Å². The van der Waals surface area contributed by atoms with Crippen molar-refractivity contribution in [1.82, 2.24) is 25.1 Å². The van der Waals surface area contributed by atoms with Gasteiger partial charge in [-0.25, -0.2) is 14.2 Å². The van der Waals surface area contributed by atoms with E-state index in [9.17, 15) is 19.1 Å². The van der Waals surface area contributed by atoms with Gasteiger partial charge in [0.25, 0.3) is 5.91 Å². The average Bonchev–Trinajstić information content (AvgIpc) is 3.43. The van der Waals surface area contributed by atoms with E-state index in [0.29, 0.717) is 43.2 Å². The lowest BCUT2D eigenvalue weighted by Crippen LogP contribution is -2.54. The molecule has 10 nitrogen and oxygen atoms in total. The molecule has 3 N–H and O–H groups in total. The molecule has 11 heteroatoms. The first kappa shape index (κ1) is 28.4. The van der Waals surface area contributed by atoms with Crippen LogP contribution in [-0.4, -0.2) is 77.0 Å². The number of nitrogens with zero attached hydrogens (tertiary/aromatic N) is 3. The van der Waals surface area contributed by atoms with E-state index >= 15 is 0 Å². The number of imidazole rings is 1. The van der Waals surface area contributed by atoms with Crippen LogP contribution in [0.3, 0.4) is 0 Å². The van der Waals surface area contributed by atoms with Crippen LogP contribution in [0.2, 0.25) is 0 Å². The van der Waals surface area contributed by atoms with Crippen molar-refractivity contribution in [3.63, 3.8) is 0 Å². The number of piperazine rings is 1. The minimum atomic E-state index is -1.06. The first-order chi connectivity index (χ1) is 20.0. The summed E-state index contributed by atoms with van der Waals surface area (Å²) >= 11 is 0. The molecule has 1 aliphatic heterocycles. The second-order valence-corrected chi connectivity index (χ2v) is 10.4. The van der Waals surface area contributed by atoms with Crippen LogP contribution in [0.25, 0.3) is 11.3 Å². The Morgan fingerprint density at radius 2 is 1.98 bits per heavy atom. The summed E-state index contributed by atoms with van der Waals surface area (Å²) in [4.78, 5) is 32.1. The monoisotopic (exact) mass is 565 g/mol. The number of hydrogen-bond acceptors (Lipinski definition) is 6. The van der Waals surface area contributed by atoms with E-state index in [2.05, 4.69) is 15.6 Å². The molecule has 3 atom stereocenters. The molecule has 2 heterocycles. The Morgan fingerprint density at radius 1 is 1.17 bits per heavy atom. The molecule has 1 saturated heterocycles. The minimum Gasteiger partial charge on any atom is -0.497 e. The summed E-state index contributed by atoms with van der Waals surface area (Å²) in [5, 5.41) is 15.5. The number of aromatic nitrogens is 2. The third-order valence-electron chi connectivity index (χ3n) is 7.90. The maximum absolute atomic E-state index is 14.4. The van der Waals surface area contributed by atoms with Gasteiger partial charge in [-0.15, -0.1) is 0 Å². The molecule has 2 fully saturated rings. The zero-order valence-corrected chi connectivity index (χ0v) is 23.1. The van der Waals surface area contributed by atoms with Gasteiger partial charge in [0.05, 0.1) is 37.8 Å². The van der Waals surface area contributed by atoms with Gasteiger partial charge >= 0.3 is 6.09 Å². The van der Waals surface area contributed by atoms with Crippen molar-refractivity contribution in [3.05, 3.63) is 66.4 Å². The fourth-order valence-electron chi connectivity index (χ4n) is 5.87. The molecule has 41 heavy (non-hydrogen) atoms. The molecule has 2 aromatic carbocycles. The van der Waals surface area contributed by atoms with E-state index in [-0.39, 0.29) is 36.4 Å². The third kappa shape index (κ3) is 6.45. The van der Waals surface area contributed by atoms with Crippen LogP contribution in [0, 0.1) is 5.82 Å². The van der Waals surface area contributed by atoms with Gasteiger partial charge in [-0.2, -0.15) is 0 Å². The lowest BCUT2D eigenvalue weighted by Gasteiger charge is -2.36. The van der Waals surface area contributed by atoms with Crippen molar-refractivity contribution in [2.24, 2.45) is 0 Å². The summed E-state index contributed by atoms with van der Waals surface area (Å²) in [6.07, 6.45) is 4.53. The van der Waals surface area contributed by atoms with E-state index in [1.54, 1.807) is 12.4 Å². The number of ether oxygens (including phenoxy) is 2. The highest BCUT2D eigenvalue weighted by atomic mass is 19.1. The molecular weight excluding hydrogens is 529 g/mol. The third-order valence-corrected chi connectivity index (χ3v) is 7.90. The molecule has 1 saturated carbocycles. The number of rotatable bonds is 9. The molecule has 5 rings (SSSR count). The van der Waals surface area contributed by atoms with Crippen molar-refractivity contribution < 1.29 is 28.6 Å². The smallest absolute Gasteiger partial charge is 0.404 e. The maximum Gasteiger partial charge on any atom is 0.404 e. The van der Waals surface area contributed by atoms with Crippen molar-refractivity contribution in [2.45, 2.75) is 50.2 Å². The quantitative estimate of drug-likeness (QED) is 0.354. The molecule has 1 aliphatic carbocycles. The Bertz CT molecular complexity index is 1350. The van der Waals surface area contributed by atoms with E-state index in [4.69, 9.17) is 9.47 Å². The molecule has 3 aromatic rings. The number of halogens is 1. The highest BCUT2D eigenvalue weighted by Crippen LogP contribution is 2.35. The molecule has 0 radical (unpaired) electrons. The van der Waals surface area contributed by atoms with Gasteiger partial charge in [0.1, 0.15) is 5.75 Å². The van der Waals surface area contributed by atoms with Crippen molar-refractivity contribution in [1.29, 1.82) is 0 Å². The predicted octanol–water partition coefficient (Wildman–Crippen LogP) is 4.33. The van der Waals surface area contributed by atoms with Crippen LogP contribution in [-0.2, 0) is 0 Å². The van der Waals surface area contributed by atoms with E-state index in [1.807, 2.05) is 39.8 Å². The largest absolute Gasteiger partial charge is 0.497 e. The lowest BCUT2D eigenvalue weighted by atomic mass is 9.89. The Kier molecular flexibility index (Phi) is 9.03. The number of hydrogen-bond donors (Lipinski definition) is 3. The molecule has 218 valence electrons. The van der Waals surface area contributed by atoms with Crippen LogP contribution >= 0.6 is 0 Å². The average molecular weight is 566 g/mol. The second kappa shape index (κ2) is 13.0. The van der Waals surface area contributed by atoms with Crippen LogP contribution < -0.4 is 20.1 Å². The van der Waals surface area contributed by atoms with Crippen LogP contribution in [0.15, 0.2) is 54.9 Å². The number of nitrogens with one attached hydrogen (secondary N) is 2. The Morgan fingerprint density at radius 3 is 2.73 bits per heavy atom. The Labute approximate surface area is 238 Å². The van der Waals surface area contributed by atoms with E-state index < -0.39 is 11.9 Å². The predicted molar refractivity (Wildman–Crippen MR) is 151 cm³/mol.